The fourth-order valence-electron chi connectivity index (χ4n) is 2.65. The molecule has 122 valence electrons. The van der Waals surface area contributed by atoms with Crippen LogP contribution in [0.2, 0.25) is 0 Å². The van der Waals surface area contributed by atoms with Crippen LogP contribution < -0.4 is 11.2 Å². The highest BCUT2D eigenvalue weighted by Gasteiger charge is 2.34. The minimum atomic E-state index is -0.467. The Balaban J connectivity index is 2.19. The van der Waals surface area contributed by atoms with Gasteiger partial charge in [-0.05, 0) is 24.5 Å². The summed E-state index contributed by atoms with van der Waals surface area (Å²) in [5, 5.41) is 14.1. The summed E-state index contributed by atoms with van der Waals surface area (Å²) in [4.78, 5) is 24.3. The molecule has 23 heavy (non-hydrogen) atoms. The van der Waals surface area contributed by atoms with Crippen molar-refractivity contribution in [2.75, 3.05) is 5.73 Å². The molecule has 4 N–H and O–H groups in total. The van der Waals surface area contributed by atoms with Gasteiger partial charge in [-0.15, -0.1) is 0 Å². The van der Waals surface area contributed by atoms with Gasteiger partial charge in [0.2, 0.25) is 0 Å². The first kappa shape index (κ1) is 16.7. The summed E-state index contributed by atoms with van der Waals surface area (Å²) in [7, 11) is 0. The number of carbonyl (C=O) groups excluding carboxylic acids is 2. The van der Waals surface area contributed by atoms with E-state index in [1.807, 2.05) is 13.8 Å². The lowest BCUT2D eigenvalue weighted by atomic mass is 9.76. The molecule has 0 fully saturated rings. The molecule has 1 aromatic carbocycles. The molecular weight excluding hydrogens is 294 g/mol. The van der Waals surface area contributed by atoms with Gasteiger partial charge in [-0.1, -0.05) is 26.0 Å². The van der Waals surface area contributed by atoms with Crippen LogP contribution in [0.25, 0.3) is 0 Å². The van der Waals surface area contributed by atoms with Crippen LogP contribution in [-0.2, 0) is 4.79 Å². The van der Waals surface area contributed by atoms with Gasteiger partial charge < -0.3 is 10.8 Å². The lowest BCUT2D eigenvalue weighted by Crippen LogP contribution is -2.29. The third kappa shape index (κ3) is 3.77. The third-order valence-corrected chi connectivity index (χ3v) is 3.74. The van der Waals surface area contributed by atoms with Crippen molar-refractivity contribution in [3.05, 3.63) is 41.2 Å². The van der Waals surface area contributed by atoms with Gasteiger partial charge in [0, 0.05) is 18.5 Å². The number of nitrogens with two attached hydrogens (primary N) is 1. The monoisotopic (exact) mass is 315 g/mol. The Morgan fingerprint density at radius 2 is 1.96 bits per heavy atom. The van der Waals surface area contributed by atoms with E-state index in [2.05, 4.69) is 10.5 Å². The van der Waals surface area contributed by atoms with Crippen molar-refractivity contribution in [3.63, 3.8) is 0 Å². The predicted octanol–water partition coefficient (Wildman–Crippen LogP) is 2.58. The van der Waals surface area contributed by atoms with E-state index in [0.29, 0.717) is 24.1 Å². The highest BCUT2D eigenvalue weighted by molar-refractivity contribution is 6.22. The normalized spacial score (nSPS) is 18.0. The van der Waals surface area contributed by atoms with Crippen LogP contribution >= 0.6 is 0 Å². The molecule has 0 aliphatic heterocycles. The summed E-state index contributed by atoms with van der Waals surface area (Å²) in [6.07, 6.45) is 0.735. The third-order valence-electron chi connectivity index (χ3n) is 3.74. The van der Waals surface area contributed by atoms with E-state index in [1.54, 1.807) is 31.2 Å². The highest BCUT2D eigenvalue weighted by Crippen LogP contribution is 2.36. The maximum Gasteiger partial charge on any atom is 0.273 e. The standard InChI is InChI=1S/C17H21N3O3/c1-10(15-13(21)8-17(2,3)9-14(15)22)19-20-16(23)11-6-4-5-7-12(11)18/h4-7,21H,8-9,18H2,1-3H3,(H,20,23)/b19-10+. The smallest absolute Gasteiger partial charge is 0.273 e. The second-order valence-corrected chi connectivity index (χ2v) is 6.49. The molecule has 1 aromatic rings. The van der Waals surface area contributed by atoms with Gasteiger partial charge in [-0.3, -0.25) is 9.59 Å². The Hall–Kier alpha value is -2.63. The maximum absolute atomic E-state index is 12.2. The van der Waals surface area contributed by atoms with Crippen molar-refractivity contribution in [2.45, 2.75) is 33.6 Å². The number of carbonyl (C=O) groups is 2. The number of hydrazone groups is 1. The molecule has 0 saturated carbocycles. The van der Waals surface area contributed by atoms with Gasteiger partial charge in [0.05, 0.1) is 16.8 Å². The summed E-state index contributed by atoms with van der Waals surface area (Å²) >= 11 is 0. The molecule has 6 heteroatoms. The van der Waals surface area contributed by atoms with Gasteiger partial charge in [-0.2, -0.15) is 5.10 Å². The number of allylic oxidation sites excluding steroid dienone is 2. The zero-order valence-electron chi connectivity index (χ0n) is 13.5. The fourth-order valence-corrected chi connectivity index (χ4v) is 2.65. The average molecular weight is 315 g/mol. The van der Waals surface area contributed by atoms with Crippen molar-refractivity contribution >= 4 is 23.1 Å². The quantitative estimate of drug-likeness (QED) is 0.453. The lowest BCUT2D eigenvalue weighted by molar-refractivity contribution is -0.117. The van der Waals surface area contributed by atoms with E-state index < -0.39 is 5.91 Å². The molecular formula is C17H21N3O3. The molecule has 0 bridgehead atoms. The van der Waals surface area contributed by atoms with E-state index in [0.717, 1.165) is 0 Å². The largest absolute Gasteiger partial charge is 0.511 e. The number of amides is 1. The van der Waals surface area contributed by atoms with Crippen LogP contribution in [0.5, 0.6) is 0 Å². The first-order valence-corrected chi connectivity index (χ1v) is 7.36. The van der Waals surface area contributed by atoms with Crippen LogP contribution in [0.1, 0.15) is 44.0 Å². The van der Waals surface area contributed by atoms with Gasteiger partial charge in [0.15, 0.2) is 5.78 Å². The SMILES string of the molecule is C/C(=N\NC(=O)c1ccccc1N)C1=C(O)CC(C)(C)CC1=O. The molecule has 0 atom stereocenters. The van der Waals surface area contributed by atoms with Crippen LogP contribution in [0.15, 0.2) is 40.7 Å². The Morgan fingerprint density at radius 1 is 1.30 bits per heavy atom. The molecule has 1 aliphatic carbocycles. The first-order valence-electron chi connectivity index (χ1n) is 7.36. The number of nitrogen functional groups attached to an aromatic ring is 1. The number of Topliss-reactive ketones (excluding diaryl/α,β-unsaturated/α-hetero) is 1. The van der Waals surface area contributed by atoms with E-state index in [9.17, 15) is 14.7 Å². The molecule has 0 radical (unpaired) electrons. The average Bonchev–Trinajstić information content (AvgIpc) is 2.43. The molecule has 2 rings (SSSR count). The second kappa shape index (κ2) is 6.24. The summed E-state index contributed by atoms with van der Waals surface area (Å²) in [5.41, 5.74) is 8.95. The lowest BCUT2D eigenvalue weighted by Gasteiger charge is -2.29. The molecule has 0 spiro atoms. The van der Waals surface area contributed by atoms with Crippen molar-refractivity contribution in [2.24, 2.45) is 10.5 Å². The van der Waals surface area contributed by atoms with Crippen LogP contribution in [0, 0.1) is 5.41 Å². The molecule has 6 nitrogen and oxygen atoms in total. The number of rotatable bonds is 3. The number of anilines is 1. The van der Waals surface area contributed by atoms with Crippen molar-refractivity contribution in [1.29, 1.82) is 0 Å². The van der Waals surface area contributed by atoms with Crippen LogP contribution in [0.4, 0.5) is 5.69 Å². The number of para-hydroxylation sites is 1. The van der Waals surface area contributed by atoms with Gasteiger partial charge in [-0.25, -0.2) is 5.43 Å². The topological polar surface area (TPSA) is 105 Å². The van der Waals surface area contributed by atoms with Crippen molar-refractivity contribution in [1.82, 2.24) is 5.43 Å². The van der Waals surface area contributed by atoms with Crippen LogP contribution in [-0.4, -0.2) is 22.5 Å². The highest BCUT2D eigenvalue weighted by atomic mass is 16.3. The van der Waals surface area contributed by atoms with Gasteiger partial charge in [0.25, 0.3) is 5.91 Å². The number of nitrogens with zero attached hydrogens (tertiary/aromatic N) is 1. The Kier molecular flexibility index (Phi) is 4.54. The second-order valence-electron chi connectivity index (χ2n) is 6.49. The summed E-state index contributed by atoms with van der Waals surface area (Å²) < 4.78 is 0. The Labute approximate surface area is 135 Å². The molecule has 0 heterocycles. The molecule has 0 saturated heterocycles. The molecule has 1 amide bonds. The van der Waals surface area contributed by atoms with Gasteiger partial charge >= 0.3 is 0 Å². The Morgan fingerprint density at radius 3 is 2.57 bits per heavy atom. The van der Waals surface area contributed by atoms with E-state index >= 15 is 0 Å². The van der Waals surface area contributed by atoms with Crippen LogP contribution in [0.3, 0.4) is 0 Å². The molecule has 0 unspecified atom stereocenters. The number of ketones is 1. The van der Waals surface area contributed by atoms with E-state index in [-0.39, 0.29) is 28.2 Å². The Bertz CT molecular complexity index is 718. The summed E-state index contributed by atoms with van der Waals surface area (Å²) in [6, 6.07) is 6.63. The number of nitrogens with one attached hydrogen (secondary N) is 1. The summed E-state index contributed by atoms with van der Waals surface area (Å²) in [6.45, 7) is 5.42. The fraction of sp³-hybridized carbons (Fsp3) is 0.353. The zero-order valence-corrected chi connectivity index (χ0v) is 13.5. The minimum absolute atomic E-state index is 0.0148. The molecule has 1 aliphatic rings. The van der Waals surface area contributed by atoms with E-state index in [4.69, 9.17) is 5.73 Å². The maximum atomic E-state index is 12.2. The van der Waals surface area contributed by atoms with Gasteiger partial charge in [0.1, 0.15) is 5.76 Å². The molecule has 0 aromatic heterocycles. The van der Waals surface area contributed by atoms with Crippen molar-refractivity contribution in [3.8, 4) is 0 Å². The number of benzene rings is 1. The number of hydrogen-bond acceptors (Lipinski definition) is 5. The van der Waals surface area contributed by atoms with Crippen molar-refractivity contribution < 1.29 is 14.7 Å². The summed E-state index contributed by atoms with van der Waals surface area (Å²) in [5.74, 6) is -0.624. The number of aliphatic hydroxyl groups is 1. The first-order chi connectivity index (χ1) is 10.7. The number of hydrogen-bond donors (Lipinski definition) is 3. The predicted molar refractivity (Wildman–Crippen MR) is 89.1 cm³/mol. The van der Waals surface area contributed by atoms with E-state index in [1.165, 1.54) is 0 Å². The zero-order chi connectivity index (χ0) is 17.2. The number of aliphatic hydroxyl groups excluding tert-OH is 1. The minimum Gasteiger partial charge on any atom is -0.511 e.